The molecule has 4 aromatic carbocycles. The molecule has 0 bridgehead atoms. The molecular weight excluding hydrogens is 638 g/mol. The third-order valence-electron chi connectivity index (χ3n) is 5.91. The Hall–Kier alpha value is -4.57. The maximum atomic E-state index is 12.8. The Morgan fingerprint density at radius 3 is 2.38 bits per heavy atom. The van der Waals surface area contributed by atoms with Gasteiger partial charge in [-0.3, -0.25) is 9.59 Å². The maximum Gasteiger partial charge on any atom is 0.336 e. The summed E-state index contributed by atoms with van der Waals surface area (Å²) in [7, 11) is 0. The Balaban J connectivity index is 1.19. The van der Waals surface area contributed by atoms with Crippen LogP contribution in [-0.2, 0) is 4.79 Å². The number of nitrogens with one attached hydrogen (secondary N) is 2. The largest absolute Gasteiger partial charge is 0.423 e. The molecule has 1 heterocycles. The monoisotopic (exact) mass is 657 g/mol. The van der Waals surface area contributed by atoms with E-state index in [1.54, 1.807) is 48.5 Å². The first-order chi connectivity index (χ1) is 20.4. The van der Waals surface area contributed by atoms with Gasteiger partial charge in [-0.1, -0.05) is 76.1 Å². The van der Waals surface area contributed by atoms with Crippen LogP contribution in [0.15, 0.2) is 113 Å². The normalized spacial score (nSPS) is 11.2. The molecule has 10 heteroatoms. The van der Waals surface area contributed by atoms with Crippen molar-refractivity contribution >= 4 is 84.7 Å². The number of hydrogen-bond acceptors (Lipinski definition) is 6. The molecule has 208 valence electrons. The zero-order valence-electron chi connectivity index (χ0n) is 21.7. The highest BCUT2D eigenvalue weighted by atomic mass is 79.9. The minimum Gasteiger partial charge on any atom is -0.423 e. The minimum absolute atomic E-state index is 0.276. The number of thiophene rings is 1. The lowest BCUT2D eigenvalue weighted by molar-refractivity contribution is -0.128. The number of nitrogens with zero attached hydrogens (tertiary/aromatic N) is 1. The van der Waals surface area contributed by atoms with Crippen LogP contribution < -0.4 is 15.5 Å². The number of benzene rings is 4. The van der Waals surface area contributed by atoms with Crippen LogP contribution >= 0.6 is 38.9 Å². The molecule has 5 rings (SSSR count). The van der Waals surface area contributed by atoms with E-state index in [0.29, 0.717) is 26.7 Å². The first kappa shape index (κ1) is 28.9. The molecular formula is C32H21BrClN3O4S. The fourth-order valence-corrected chi connectivity index (χ4v) is 5.65. The van der Waals surface area contributed by atoms with Crippen LogP contribution in [0.5, 0.6) is 5.75 Å². The molecule has 0 fully saturated rings. The second kappa shape index (κ2) is 13.4. The number of fused-ring (bicyclic) bond motifs is 1. The number of carbonyl (C=O) groups is 3. The van der Waals surface area contributed by atoms with Crippen LogP contribution in [-0.4, -0.2) is 24.0 Å². The number of anilines is 1. The van der Waals surface area contributed by atoms with Gasteiger partial charge in [0.2, 0.25) is 0 Å². The number of amides is 2. The first-order valence-corrected chi connectivity index (χ1v) is 14.5. The van der Waals surface area contributed by atoms with E-state index in [1.807, 2.05) is 54.6 Å². The summed E-state index contributed by atoms with van der Waals surface area (Å²) in [6, 6.07) is 28.4. The number of ether oxygens (including phenoxy) is 1. The average molecular weight is 659 g/mol. The lowest BCUT2D eigenvalue weighted by Gasteiger charge is -2.07. The summed E-state index contributed by atoms with van der Waals surface area (Å²) in [6.45, 7) is 0. The SMILES string of the molecule is O=C(/C=C/c1ccccc1)Oc1ccc(Br)cc1/C=N\NC(=O)c1ccc(NC(=O)c2sc3ccccc3c2Cl)cc1. The molecule has 42 heavy (non-hydrogen) atoms. The first-order valence-electron chi connectivity index (χ1n) is 12.5. The van der Waals surface area contributed by atoms with Crippen LogP contribution in [0.2, 0.25) is 5.02 Å². The van der Waals surface area contributed by atoms with Crippen molar-refractivity contribution in [2.24, 2.45) is 5.10 Å². The number of carbonyl (C=O) groups excluding carboxylic acids is 3. The van der Waals surface area contributed by atoms with Gasteiger partial charge in [0.25, 0.3) is 11.8 Å². The van der Waals surface area contributed by atoms with E-state index < -0.39 is 11.9 Å². The van der Waals surface area contributed by atoms with Crippen molar-refractivity contribution < 1.29 is 19.1 Å². The second-order valence-corrected chi connectivity index (χ2v) is 11.2. The summed E-state index contributed by atoms with van der Waals surface area (Å²) in [5, 5.41) is 8.07. The zero-order valence-corrected chi connectivity index (χ0v) is 24.9. The highest BCUT2D eigenvalue weighted by molar-refractivity contribution is 9.10. The van der Waals surface area contributed by atoms with Gasteiger partial charge < -0.3 is 10.1 Å². The third kappa shape index (κ3) is 7.19. The molecule has 0 aliphatic carbocycles. The molecule has 0 saturated carbocycles. The molecule has 0 unspecified atom stereocenters. The van der Waals surface area contributed by atoms with Crippen molar-refractivity contribution in [2.75, 3.05) is 5.32 Å². The van der Waals surface area contributed by atoms with Gasteiger partial charge in [0.05, 0.1) is 11.2 Å². The molecule has 2 amide bonds. The Kier molecular flexibility index (Phi) is 9.23. The lowest BCUT2D eigenvalue weighted by atomic mass is 10.2. The maximum absolute atomic E-state index is 12.8. The highest BCUT2D eigenvalue weighted by Crippen LogP contribution is 2.35. The number of rotatable bonds is 8. The van der Waals surface area contributed by atoms with Gasteiger partial charge >= 0.3 is 5.97 Å². The van der Waals surface area contributed by atoms with Crippen LogP contribution in [0.3, 0.4) is 0 Å². The summed E-state index contributed by atoms with van der Waals surface area (Å²) >= 11 is 11.1. The lowest BCUT2D eigenvalue weighted by Crippen LogP contribution is -2.18. The fourth-order valence-electron chi connectivity index (χ4n) is 3.86. The Morgan fingerprint density at radius 2 is 1.62 bits per heavy atom. The van der Waals surface area contributed by atoms with Gasteiger partial charge in [-0.15, -0.1) is 11.3 Å². The molecule has 0 aliphatic rings. The molecule has 0 saturated heterocycles. The molecule has 5 aromatic rings. The molecule has 0 spiro atoms. The average Bonchev–Trinajstić information content (AvgIpc) is 3.34. The molecule has 2 N–H and O–H groups in total. The number of esters is 1. The third-order valence-corrected chi connectivity index (χ3v) is 8.08. The summed E-state index contributed by atoms with van der Waals surface area (Å²) in [5.74, 6) is -1.07. The van der Waals surface area contributed by atoms with Crippen molar-refractivity contribution in [3.05, 3.63) is 134 Å². The van der Waals surface area contributed by atoms with Gasteiger partial charge in [0.1, 0.15) is 10.6 Å². The van der Waals surface area contributed by atoms with E-state index in [9.17, 15) is 14.4 Å². The van der Waals surface area contributed by atoms with Crippen LogP contribution in [0, 0.1) is 0 Å². The van der Waals surface area contributed by atoms with Gasteiger partial charge in [-0.05, 0) is 60.2 Å². The van der Waals surface area contributed by atoms with E-state index in [-0.39, 0.29) is 11.7 Å². The van der Waals surface area contributed by atoms with Crippen molar-refractivity contribution in [1.82, 2.24) is 5.43 Å². The van der Waals surface area contributed by atoms with E-state index in [2.05, 4.69) is 31.8 Å². The van der Waals surface area contributed by atoms with Crippen molar-refractivity contribution in [3.8, 4) is 5.75 Å². The second-order valence-electron chi connectivity index (χ2n) is 8.82. The standard InChI is InChI=1S/C32H21BrClN3O4S/c33-23-13-16-26(41-28(38)17-10-20-6-2-1-3-7-20)22(18-23)19-35-37-31(39)21-11-14-24(15-12-21)36-32(40)30-29(34)25-8-4-5-9-27(25)42-30/h1-19H,(H,36,40)(H,37,39)/b17-10+,35-19-. The quantitative estimate of drug-likeness (QED) is 0.0582. The Morgan fingerprint density at radius 1 is 0.881 bits per heavy atom. The molecule has 0 radical (unpaired) electrons. The van der Waals surface area contributed by atoms with Crippen molar-refractivity contribution in [3.63, 3.8) is 0 Å². The zero-order chi connectivity index (χ0) is 29.5. The summed E-state index contributed by atoms with van der Waals surface area (Å²) in [6.07, 6.45) is 4.38. The van der Waals surface area contributed by atoms with E-state index >= 15 is 0 Å². The Bertz CT molecular complexity index is 1840. The number of hydrazone groups is 1. The van der Waals surface area contributed by atoms with E-state index in [4.69, 9.17) is 16.3 Å². The van der Waals surface area contributed by atoms with E-state index in [1.165, 1.54) is 23.6 Å². The number of hydrogen-bond donors (Lipinski definition) is 2. The Labute approximate surface area is 258 Å². The fraction of sp³-hybridized carbons (Fsp3) is 0. The van der Waals surface area contributed by atoms with Crippen LogP contribution in [0.4, 0.5) is 5.69 Å². The van der Waals surface area contributed by atoms with Crippen molar-refractivity contribution in [2.45, 2.75) is 0 Å². The molecule has 1 aromatic heterocycles. The predicted molar refractivity (Wildman–Crippen MR) is 172 cm³/mol. The van der Waals surface area contributed by atoms with Gasteiger partial charge in [0, 0.05) is 37.4 Å². The van der Waals surface area contributed by atoms with Gasteiger partial charge in [0.15, 0.2) is 0 Å². The number of halogens is 2. The van der Waals surface area contributed by atoms with Gasteiger partial charge in [-0.25, -0.2) is 10.2 Å². The summed E-state index contributed by atoms with van der Waals surface area (Å²) in [4.78, 5) is 38.2. The van der Waals surface area contributed by atoms with Crippen LogP contribution in [0.1, 0.15) is 31.2 Å². The predicted octanol–water partition coefficient (Wildman–Crippen LogP) is 7.95. The van der Waals surface area contributed by atoms with Gasteiger partial charge in [-0.2, -0.15) is 5.10 Å². The topological polar surface area (TPSA) is 96.9 Å². The van der Waals surface area contributed by atoms with Crippen molar-refractivity contribution in [1.29, 1.82) is 0 Å². The van der Waals surface area contributed by atoms with E-state index in [0.717, 1.165) is 20.1 Å². The smallest absolute Gasteiger partial charge is 0.336 e. The summed E-state index contributed by atoms with van der Waals surface area (Å²) < 4.78 is 7.14. The van der Waals surface area contributed by atoms with Crippen LogP contribution in [0.25, 0.3) is 16.2 Å². The molecule has 0 atom stereocenters. The highest BCUT2D eigenvalue weighted by Gasteiger charge is 2.17. The molecule has 0 aliphatic heterocycles. The summed E-state index contributed by atoms with van der Waals surface area (Å²) in [5.41, 5.74) is 4.64. The minimum atomic E-state index is -0.554. The molecule has 7 nitrogen and oxygen atoms in total.